The van der Waals surface area contributed by atoms with Gasteiger partial charge in [-0.05, 0) is 0 Å². The molecule has 0 saturated carbocycles. The largest absolute Gasteiger partial charge is 0.465 e. The highest BCUT2D eigenvalue weighted by molar-refractivity contribution is 5.94. The topological polar surface area (TPSA) is 103 Å². The summed E-state index contributed by atoms with van der Waals surface area (Å²) in [6, 6.07) is 0. The van der Waals surface area contributed by atoms with Gasteiger partial charge >= 0.3 is 5.97 Å². The molecule has 2 rings (SSSR count). The molecule has 0 aliphatic carbocycles. The summed E-state index contributed by atoms with van der Waals surface area (Å²) in [6.07, 6.45) is 2.71. The zero-order chi connectivity index (χ0) is 13.0. The predicted octanol–water partition coefficient (Wildman–Crippen LogP) is 0.567. The van der Waals surface area contributed by atoms with Crippen molar-refractivity contribution in [2.24, 2.45) is 0 Å². The highest BCUT2D eigenvalue weighted by Gasteiger charge is 2.13. The Balaban J connectivity index is 2.11. The van der Waals surface area contributed by atoms with Crippen LogP contribution in [0, 0.1) is 6.92 Å². The van der Waals surface area contributed by atoms with Crippen LogP contribution in [-0.2, 0) is 11.3 Å². The van der Waals surface area contributed by atoms with E-state index in [1.807, 2.05) is 0 Å². The maximum absolute atomic E-state index is 11.5. The lowest BCUT2D eigenvalue weighted by Gasteiger charge is -2.06. The number of aryl methyl sites for hydroxylation is 1. The summed E-state index contributed by atoms with van der Waals surface area (Å²) in [5.74, 6) is 0.798. The number of nitrogens with zero attached hydrogens (tertiary/aromatic N) is 4. The second-order valence-electron chi connectivity index (χ2n) is 3.36. The van der Waals surface area contributed by atoms with Crippen LogP contribution in [0.3, 0.4) is 0 Å². The minimum absolute atomic E-state index is 0.250. The minimum atomic E-state index is -0.512. The molecule has 0 fully saturated rings. The van der Waals surface area contributed by atoms with Crippen LogP contribution in [0.5, 0.6) is 0 Å². The molecule has 8 heteroatoms. The molecule has 0 spiro atoms. The molecule has 0 radical (unpaired) electrons. The van der Waals surface area contributed by atoms with Crippen molar-refractivity contribution in [3.63, 3.8) is 0 Å². The number of carbonyl (C=O) groups excluding carboxylic acids is 1. The summed E-state index contributed by atoms with van der Waals surface area (Å²) in [5, 5.41) is 6.64. The van der Waals surface area contributed by atoms with Gasteiger partial charge in [-0.25, -0.2) is 14.8 Å². The van der Waals surface area contributed by atoms with Crippen LogP contribution < -0.4 is 5.32 Å². The van der Waals surface area contributed by atoms with E-state index in [9.17, 15) is 4.79 Å². The summed E-state index contributed by atoms with van der Waals surface area (Å²) in [6.45, 7) is 1.99. The normalized spacial score (nSPS) is 10.1. The molecule has 0 saturated heterocycles. The van der Waals surface area contributed by atoms with Gasteiger partial charge in [-0.3, -0.25) is 0 Å². The standard InChI is InChI=1S/C10H11N5O3/c1-6-14-8(15-18-6)4-12-9-7(10(16)17-2)3-11-5-13-9/h3,5H,4H2,1-2H3,(H,11,12,13). The molecule has 1 N–H and O–H groups in total. The Labute approximate surface area is 102 Å². The van der Waals surface area contributed by atoms with Gasteiger partial charge in [0.25, 0.3) is 0 Å². The van der Waals surface area contributed by atoms with Crippen molar-refractivity contribution < 1.29 is 14.1 Å². The molecule has 0 unspecified atom stereocenters. The Kier molecular flexibility index (Phi) is 3.46. The summed E-state index contributed by atoms with van der Waals surface area (Å²) in [5.41, 5.74) is 0.250. The molecule has 0 aliphatic rings. The molecule has 0 aromatic carbocycles. The third-order valence-electron chi connectivity index (χ3n) is 2.10. The van der Waals surface area contributed by atoms with E-state index < -0.39 is 5.97 Å². The van der Waals surface area contributed by atoms with Crippen molar-refractivity contribution in [1.82, 2.24) is 20.1 Å². The lowest BCUT2D eigenvalue weighted by molar-refractivity contribution is 0.0601. The third kappa shape index (κ3) is 2.59. The van der Waals surface area contributed by atoms with Crippen LogP contribution in [0.1, 0.15) is 22.1 Å². The van der Waals surface area contributed by atoms with Gasteiger partial charge in [-0.2, -0.15) is 4.98 Å². The molecule has 2 aromatic heterocycles. The van der Waals surface area contributed by atoms with E-state index in [2.05, 4.69) is 30.2 Å². The average Bonchev–Trinajstić information content (AvgIpc) is 2.81. The van der Waals surface area contributed by atoms with E-state index in [-0.39, 0.29) is 5.56 Å². The zero-order valence-electron chi connectivity index (χ0n) is 9.88. The summed E-state index contributed by atoms with van der Waals surface area (Å²) in [4.78, 5) is 23.2. The monoisotopic (exact) mass is 249 g/mol. The first-order chi connectivity index (χ1) is 8.70. The molecule has 8 nitrogen and oxygen atoms in total. The van der Waals surface area contributed by atoms with Crippen LogP contribution in [0.25, 0.3) is 0 Å². The van der Waals surface area contributed by atoms with Crippen molar-refractivity contribution in [3.8, 4) is 0 Å². The number of rotatable bonds is 4. The molecular formula is C10H11N5O3. The first kappa shape index (κ1) is 12.0. The first-order valence-electron chi connectivity index (χ1n) is 5.12. The maximum Gasteiger partial charge on any atom is 0.343 e. The number of esters is 1. The summed E-state index contributed by atoms with van der Waals surface area (Å²) >= 11 is 0. The van der Waals surface area contributed by atoms with Crippen LogP contribution in [0.2, 0.25) is 0 Å². The van der Waals surface area contributed by atoms with Crippen LogP contribution >= 0.6 is 0 Å². The Hall–Kier alpha value is -2.51. The minimum Gasteiger partial charge on any atom is -0.465 e. The number of aromatic nitrogens is 4. The quantitative estimate of drug-likeness (QED) is 0.784. The van der Waals surface area contributed by atoms with E-state index in [0.29, 0.717) is 24.1 Å². The molecule has 2 heterocycles. The number of carbonyl (C=O) groups is 1. The van der Waals surface area contributed by atoms with E-state index in [4.69, 9.17) is 4.52 Å². The van der Waals surface area contributed by atoms with Gasteiger partial charge in [-0.1, -0.05) is 5.16 Å². The van der Waals surface area contributed by atoms with Gasteiger partial charge in [0.2, 0.25) is 5.89 Å². The van der Waals surface area contributed by atoms with E-state index in [0.717, 1.165) is 0 Å². The molecule has 0 aliphatic heterocycles. The second kappa shape index (κ2) is 5.21. The number of hydrogen-bond donors (Lipinski definition) is 1. The Morgan fingerprint density at radius 2 is 2.39 bits per heavy atom. The van der Waals surface area contributed by atoms with Crippen LogP contribution in [0.4, 0.5) is 5.82 Å². The van der Waals surface area contributed by atoms with Crippen molar-refractivity contribution in [2.45, 2.75) is 13.5 Å². The summed E-state index contributed by atoms with van der Waals surface area (Å²) < 4.78 is 9.45. The van der Waals surface area contributed by atoms with Gasteiger partial charge in [0.1, 0.15) is 17.7 Å². The molecule has 2 aromatic rings. The smallest absolute Gasteiger partial charge is 0.343 e. The summed E-state index contributed by atoms with van der Waals surface area (Å²) in [7, 11) is 1.29. The fraction of sp³-hybridized carbons (Fsp3) is 0.300. The van der Waals surface area contributed by atoms with Gasteiger partial charge in [0.15, 0.2) is 5.82 Å². The zero-order valence-corrected chi connectivity index (χ0v) is 9.88. The number of methoxy groups -OCH3 is 1. The van der Waals surface area contributed by atoms with Crippen LogP contribution in [0.15, 0.2) is 17.0 Å². The number of anilines is 1. The fourth-order valence-corrected chi connectivity index (χ4v) is 1.31. The molecule has 0 bridgehead atoms. The lowest BCUT2D eigenvalue weighted by atomic mass is 10.3. The molecule has 0 amide bonds. The Morgan fingerprint density at radius 1 is 1.56 bits per heavy atom. The van der Waals surface area contributed by atoms with Gasteiger partial charge in [0.05, 0.1) is 13.7 Å². The van der Waals surface area contributed by atoms with Gasteiger partial charge in [0, 0.05) is 13.1 Å². The van der Waals surface area contributed by atoms with Crippen molar-refractivity contribution >= 4 is 11.8 Å². The Bertz CT molecular complexity index is 554. The second-order valence-corrected chi connectivity index (χ2v) is 3.36. The van der Waals surface area contributed by atoms with Crippen molar-refractivity contribution in [3.05, 3.63) is 29.8 Å². The van der Waals surface area contributed by atoms with Crippen LogP contribution in [-0.4, -0.2) is 33.2 Å². The number of nitrogens with one attached hydrogen (secondary N) is 1. The van der Waals surface area contributed by atoms with Crippen molar-refractivity contribution in [2.75, 3.05) is 12.4 Å². The first-order valence-corrected chi connectivity index (χ1v) is 5.12. The lowest BCUT2D eigenvalue weighted by Crippen LogP contribution is -2.11. The van der Waals surface area contributed by atoms with E-state index >= 15 is 0 Å². The van der Waals surface area contributed by atoms with Gasteiger partial charge < -0.3 is 14.6 Å². The SMILES string of the molecule is COC(=O)c1cncnc1NCc1noc(C)n1. The number of ether oxygens (including phenoxy) is 1. The average molecular weight is 249 g/mol. The third-order valence-corrected chi connectivity index (χ3v) is 2.10. The van der Waals surface area contributed by atoms with E-state index in [1.165, 1.54) is 19.6 Å². The molecule has 18 heavy (non-hydrogen) atoms. The highest BCUT2D eigenvalue weighted by Crippen LogP contribution is 2.12. The van der Waals surface area contributed by atoms with Gasteiger partial charge in [-0.15, -0.1) is 0 Å². The van der Waals surface area contributed by atoms with Crippen molar-refractivity contribution in [1.29, 1.82) is 0 Å². The molecular weight excluding hydrogens is 238 g/mol. The van der Waals surface area contributed by atoms with E-state index in [1.54, 1.807) is 6.92 Å². The highest BCUT2D eigenvalue weighted by atomic mass is 16.5. The number of hydrogen-bond acceptors (Lipinski definition) is 8. The maximum atomic E-state index is 11.5. The predicted molar refractivity (Wildman–Crippen MR) is 59.7 cm³/mol. The Morgan fingerprint density at radius 3 is 3.06 bits per heavy atom. The molecule has 0 atom stereocenters. The fourth-order valence-electron chi connectivity index (χ4n) is 1.31. The molecule has 94 valence electrons.